The van der Waals surface area contributed by atoms with E-state index in [1.807, 2.05) is 25.6 Å². The van der Waals surface area contributed by atoms with Crippen LogP contribution in [0.1, 0.15) is 37.6 Å². The Morgan fingerprint density at radius 1 is 1.44 bits per heavy atom. The molecule has 1 N–H and O–H groups in total. The average molecular weight is 242 g/mol. The fraction of sp³-hybridized carbons (Fsp3) is 0.750. The highest BCUT2D eigenvalue weighted by atomic mass is 32.2. The van der Waals surface area contributed by atoms with Gasteiger partial charge in [0.1, 0.15) is 5.76 Å². The molecule has 4 heteroatoms. The summed E-state index contributed by atoms with van der Waals surface area (Å²) in [5.74, 6) is 4.13. The smallest absolute Gasteiger partial charge is 0.208 e. The molecule has 1 aromatic heterocycles. The van der Waals surface area contributed by atoms with E-state index in [4.69, 9.17) is 4.42 Å². The number of nitrogens with one attached hydrogen (secondary N) is 1. The van der Waals surface area contributed by atoms with Crippen molar-refractivity contribution in [2.24, 2.45) is 0 Å². The number of hydrogen-bond donors (Lipinski definition) is 1. The van der Waals surface area contributed by atoms with Crippen LogP contribution in [-0.2, 0) is 6.54 Å². The first-order valence-corrected chi connectivity index (χ1v) is 7.03. The van der Waals surface area contributed by atoms with Crippen LogP contribution in [0.15, 0.2) is 4.42 Å². The Labute approximate surface area is 102 Å². The Morgan fingerprint density at radius 3 is 2.75 bits per heavy atom. The molecule has 0 radical (unpaired) electrons. The van der Waals surface area contributed by atoms with Crippen LogP contribution in [0.4, 0.5) is 0 Å². The number of nitrogens with zero attached hydrogens (tertiary/aromatic N) is 1. The van der Waals surface area contributed by atoms with Crippen molar-refractivity contribution in [1.29, 1.82) is 0 Å². The third-order valence-electron chi connectivity index (χ3n) is 2.57. The lowest BCUT2D eigenvalue weighted by Crippen LogP contribution is -2.26. The molecular weight excluding hydrogens is 220 g/mol. The molecule has 0 aliphatic rings. The minimum absolute atomic E-state index is 0.520. The second kappa shape index (κ2) is 6.97. The molecule has 3 nitrogen and oxygen atoms in total. The SMILES string of the molecule is CCSCCC(C)NCc1nc(C)c(C)o1. The first-order valence-electron chi connectivity index (χ1n) is 5.87. The maximum atomic E-state index is 5.51. The maximum absolute atomic E-state index is 5.51. The molecule has 0 saturated carbocycles. The number of thioether (sulfide) groups is 1. The Kier molecular flexibility index (Phi) is 5.91. The summed E-state index contributed by atoms with van der Waals surface area (Å²) in [6.07, 6.45) is 1.19. The van der Waals surface area contributed by atoms with Crippen molar-refractivity contribution < 1.29 is 4.42 Å². The number of oxazole rings is 1. The first-order chi connectivity index (χ1) is 7.63. The van der Waals surface area contributed by atoms with Gasteiger partial charge in [0.05, 0.1) is 12.2 Å². The highest BCUT2D eigenvalue weighted by Crippen LogP contribution is 2.09. The van der Waals surface area contributed by atoms with Gasteiger partial charge in [-0.25, -0.2) is 4.98 Å². The Morgan fingerprint density at radius 2 is 2.19 bits per heavy atom. The minimum Gasteiger partial charge on any atom is -0.444 e. The predicted molar refractivity (Wildman–Crippen MR) is 69.9 cm³/mol. The van der Waals surface area contributed by atoms with Crippen molar-refractivity contribution in [3.8, 4) is 0 Å². The molecule has 1 aromatic rings. The molecule has 0 aromatic carbocycles. The predicted octanol–water partition coefficient (Wildman–Crippen LogP) is 2.91. The summed E-state index contributed by atoms with van der Waals surface area (Å²) in [6.45, 7) is 9.06. The molecule has 16 heavy (non-hydrogen) atoms. The number of aromatic nitrogens is 1. The molecule has 0 bridgehead atoms. The third-order valence-corrected chi connectivity index (χ3v) is 3.51. The molecule has 1 heterocycles. The summed E-state index contributed by atoms with van der Waals surface area (Å²) in [6, 6.07) is 0.520. The van der Waals surface area contributed by atoms with E-state index in [2.05, 4.69) is 24.1 Å². The molecule has 0 aliphatic carbocycles. The zero-order chi connectivity index (χ0) is 12.0. The van der Waals surface area contributed by atoms with Crippen molar-refractivity contribution in [2.75, 3.05) is 11.5 Å². The molecule has 0 aliphatic heterocycles. The van der Waals surface area contributed by atoms with Crippen LogP contribution in [0.5, 0.6) is 0 Å². The minimum atomic E-state index is 0.520. The third kappa shape index (κ3) is 4.58. The summed E-state index contributed by atoms with van der Waals surface area (Å²) in [7, 11) is 0. The van der Waals surface area contributed by atoms with Gasteiger partial charge in [0.15, 0.2) is 0 Å². The highest BCUT2D eigenvalue weighted by molar-refractivity contribution is 7.99. The van der Waals surface area contributed by atoms with Crippen LogP contribution in [0.2, 0.25) is 0 Å². The van der Waals surface area contributed by atoms with Crippen LogP contribution in [-0.4, -0.2) is 22.5 Å². The van der Waals surface area contributed by atoms with Gasteiger partial charge in [-0.05, 0) is 38.7 Å². The van der Waals surface area contributed by atoms with Crippen LogP contribution in [0.3, 0.4) is 0 Å². The van der Waals surface area contributed by atoms with Crippen LogP contribution in [0, 0.1) is 13.8 Å². The van der Waals surface area contributed by atoms with Crippen molar-refractivity contribution >= 4 is 11.8 Å². The van der Waals surface area contributed by atoms with E-state index in [0.717, 1.165) is 23.9 Å². The molecule has 1 atom stereocenters. The van der Waals surface area contributed by atoms with Crippen molar-refractivity contribution in [1.82, 2.24) is 10.3 Å². The lowest BCUT2D eigenvalue weighted by molar-refractivity contribution is 0.425. The summed E-state index contributed by atoms with van der Waals surface area (Å²) in [5.41, 5.74) is 0.992. The van der Waals surface area contributed by atoms with E-state index in [1.54, 1.807) is 0 Å². The quantitative estimate of drug-likeness (QED) is 0.746. The number of rotatable bonds is 7. The summed E-state index contributed by atoms with van der Waals surface area (Å²) < 4.78 is 5.51. The van der Waals surface area contributed by atoms with E-state index in [0.29, 0.717) is 6.04 Å². The van der Waals surface area contributed by atoms with Crippen molar-refractivity contribution in [3.05, 3.63) is 17.3 Å². The van der Waals surface area contributed by atoms with E-state index in [9.17, 15) is 0 Å². The second-order valence-corrected chi connectivity index (χ2v) is 5.41. The van der Waals surface area contributed by atoms with Crippen molar-refractivity contribution in [2.45, 2.75) is 46.7 Å². The lowest BCUT2D eigenvalue weighted by Gasteiger charge is -2.11. The average Bonchev–Trinajstić information content (AvgIpc) is 2.56. The Hall–Kier alpha value is -0.480. The molecule has 0 saturated heterocycles. The van der Waals surface area contributed by atoms with E-state index in [1.165, 1.54) is 17.9 Å². The van der Waals surface area contributed by atoms with Gasteiger partial charge in [0, 0.05) is 6.04 Å². The van der Waals surface area contributed by atoms with Crippen molar-refractivity contribution in [3.63, 3.8) is 0 Å². The van der Waals surface area contributed by atoms with E-state index in [-0.39, 0.29) is 0 Å². The zero-order valence-corrected chi connectivity index (χ0v) is 11.5. The summed E-state index contributed by atoms with van der Waals surface area (Å²) in [4.78, 5) is 4.34. The standard InChI is InChI=1S/C12H22N2OS/c1-5-16-7-6-9(2)13-8-12-14-10(3)11(4)15-12/h9,13H,5-8H2,1-4H3. The fourth-order valence-corrected chi connectivity index (χ4v) is 2.19. The number of hydrogen-bond acceptors (Lipinski definition) is 4. The molecule has 1 rings (SSSR count). The number of aryl methyl sites for hydroxylation is 2. The maximum Gasteiger partial charge on any atom is 0.208 e. The Balaban J connectivity index is 2.23. The summed E-state index contributed by atoms with van der Waals surface area (Å²) in [5, 5.41) is 3.43. The topological polar surface area (TPSA) is 38.1 Å². The van der Waals surface area contributed by atoms with Gasteiger partial charge in [0.25, 0.3) is 0 Å². The molecule has 1 unspecified atom stereocenters. The van der Waals surface area contributed by atoms with Gasteiger partial charge in [-0.1, -0.05) is 6.92 Å². The van der Waals surface area contributed by atoms with E-state index < -0.39 is 0 Å². The van der Waals surface area contributed by atoms with Gasteiger partial charge in [-0.3, -0.25) is 0 Å². The van der Waals surface area contributed by atoms with Gasteiger partial charge < -0.3 is 9.73 Å². The second-order valence-electron chi connectivity index (χ2n) is 4.02. The van der Waals surface area contributed by atoms with Gasteiger partial charge >= 0.3 is 0 Å². The molecule has 0 spiro atoms. The molecule has 0 fully saturated rings. The first kappa shape index (κ1) is 13.6. The molecule has 92 valence electrons. The van der Waals surface area contributed by atoms with Gasteiger partial charge in [-0.2, -0.15) is 11.8 Å². The fourth-order valence-electron chi connectivity index (χ4n) is 1.38. The largest absolute Gasteiger partial charge is 0.444 e. The Bertz CT molecular complexity index is 292. The monoisotopic (exact) mass is 242 g/mol. The summed E-state index contributed by atoms with van der Waals surface area (Å²) >= 11 is 1.99. The lowest BCUT2D eigenvalue weighted by atomic mass is 10.2. The normalized spacial score (nSPS) is 13.0. The van der Waals surface area contributed by atoms with Gasteiger partial charge in [0.2, 0.25) is 5.89 Å². The van der Waals surface area contributed by atoms with Crippen LogP contribution < -0.4 is 5.32 Å². The zero-order valence-electron chi connectivity index (χ0n) is 10.7. The van der Waals surface area contributed by atoms with E-state index >= 15 is 0 Å². The highest BCUT2D eigenvalue weighted by Gasteiger charge is 2.07. The molecule has 0 amide bonds. The molecular formula is C12H22N2OS. The van der Waals surface area contributed by atoms with Crippen LogP contribution >= 0.6 is 11.8 Å². The van der Waals surface area contributed by atoms with Gasteiger partial charge in [-0.15, -0.1) is 0 Å². The van der Waals surface area contributed by atoms with Crippen LogP contribution in [0.25, 0.3) is 0 Å².